The molecule has 172 valence electrons. The first-order chi connectivity index (χ1) is 15.5. The first-order valence-corrected chi connectivity index (χ1v) is 10.7. The zero-order valence-electron chi connectivity index (χ0n) is 18.2. The van der Waals surface area contributed by atoms with Gasteiger partial charge in [0.25, 0.3) is 0 Å². The number of aliphatic hydroxyl groups is 2. The number of hydrogen-bond donors (Lipinski definition) is 4. The molecular formula is C25H32N2O5. The minimum absolute atomic E-state index is 0.0218. The second kappa shape index (κ2) is 14.0. The average Bonchev–Trinajstić information content (AvgIpc) is 2.82. The Morgan fingerprint density at radius 2 is 1.75 bits per heavy atom. The fraction of sp³-hybridized carbons (Fsp3) is 0.360. The lowest BCUT2D eigenvalue weighted by atomic mass is 9.99. The minimum atomic E-state index is -0.570. The lowest BCUT2D eigenvalue weighted by Crippen LogP contribution is -2.42. The van der Waals surface area contributed by atoms with E-state index in [1.165, 1.54) is 0 Å². The van der Waals surface area contributed by atoms with Crippen LogP contribution in [0.3, 0.4) is 0 Å². The summed E-state index contributed by atoms with van der Waals surface area (Å²) < 4.78 is 5.78. The molecule has 0 bridgehead atoms. The Hall–Kier alpha value is -3.16. The molecule has 7 heteroatoms. The Morgan fingerprint density at radius 3 is 2.38 bits per heavy atom. The van der Waals surface area contributed by atoms with Gasteiger partial charge < -0.3 is 25.6 Å². The smallest absolute Gasteiger partial charge is 0.224 e. The van der Waals surface area contributed by atoms with E-state index in [2.05, 4.69) is 17.2 Å². The molecule has 2 aromatic rings. The number of aliphatic hydroxyl groups excluding tert-OH is 2. The van der Waals surface area contributed by atoms with E-state index in [-0.39, 0.29) is 38.0 Å². The van der Waals surface area contributed by atoms with Crippen LogP contribution in [0, 0.1) is 5.92 Å². The van der Waals surface area contributed by atoms with Crippen molar-refractivity contribution in [2.45, 2.75) is 31.9 Å². The van der Waals surface area contributed by atoms with Crippen molar-refractivity contribution in [3.63, 3.8) is 0 Å². The van der Waals surface area contributed by atoms with Gasteiger partial charge in [-0.1, -0.05) is 48.5 Å². The van der Waals surface area contributed by atoms with Gasteiger partial charge in [0.05, 0.1) is 25.2 Å². The highest BCUT2D eigenvalue weighted by Crippen LogP contribution is 2.16. The van der Waals surface area contributed by atoms with Gasteiger partial charge in [-0.25, -0.2) is 0 Å². The maximum absolute atomic E-state index is 12.4. The molecule has 0 fully saturated rings. The highest BCUT2D eigenvalue weighted by molar-refractivity contribution is 5.86. The summed E-state index contributed by atoms with van der Waals surface area (Å²) in [4.78, 5) is 24.6. The number of ether oxygens (including phenoxy) is 1. The Labute approximate surface area is 189 Å². The van der Waals surface area contributed by atoms with Gasteiger partial charge in [-0.3, -0.25) is 9.59 Å². The van der Waals surface area contributed by atoms with E-state index in [0.29, 0.717) is 19.4 Å². The van der Waals surface area contributed by atoms with Crippen LogP contribution in [0.4, 0.5) is 0 Å². The standard InChI is InChI=1S/C25H32N2O5/c1-2-6-21(25(31)26-13-14-28)16-24(30)27-22(17-29)15-19-9-11-23(12-10-19)32-18-20-7-4-3-5-8-20/h2-5,7-12,21-22,28-29H,1,6,13-18H2,(H,26,31)(H,27,30)/t21-,22-/m0/s1. The molecular weight excluding hydrogens is 408 g/mol. The third-order valence-electron chi connectivity index (χ3n) is 4.90. The van der Waals surface area contributed by atoms with Crippen LogP contribution in [0.25, 0.3) is 0 Å². The predicted octanol–water partition coefficient (Wildman–Crippen LogP) is 1.98. The molecule has 7 nitrogen and oxygen atoms in total. The second-order valence-corrected chi connectivity index (χ2v) is 7.51. The summed E-state index contributed by atoms with van der Waals surface area (Å²) in [7, 11) is 0. The van der Waals surface area contributed by atoms with Crippen molar-refractivity contribution in [3.8, 4) is 5.75 Å². The molecule has 0 aliphatic heterocycles. The number of carbonyl (C=O) groups is 2. The van der Waals surface area contributed by atoms with Gasteiger partial charge in [-0.05, 0) is 36.1 Å². The van der Waals surface area contributed by atoms with Crippen LogP contribution >= 0.6 is 0 Å². The van der Waals surface area contributed by atoms with Crippen molar-refractivity contribution in [3.05, 3.63) is 78.4 Å². The van der Waals surface area contributed by atoms with Crippen LogP contribution in [0.5, 0.6) is 5.75 Å². The van der Waals surface area contributed by atoms with Crippen molar-refractivity contribution in [2.75, 3.05) is 19.8 Å². The number of carbonyl (C=O) groups excluding carboxylic acids is 2. The topological polar surface area (TPSA) is 108 Å². The molecule has 0 heterocycles. The van der Waals surface area contributed by atoms with Crippen molar-refractivity contribution in [1.82, 2.24) is 10.6 Å². The van der Waals surface area contributed by atoms with Gasteiger partial charge in [0, 0.05) is 13.0 Å². The number of nitrogens with one attached hydrogen (secondary N) is 2. The molecule has 2 amide bonds. The van der Waals surface area contributed by atoms with Crippen molar-refractivity contribution in [2.24, 2.45) is 5.92 Å². The van der Waals surface area contributed by atoms with Crippen LogP contribution in [0.15, 0.2) is 67.3 Å². The third-order valence-corrected chi connectivity index (χ3v) is 4.90. The third kappa shape index (κ3) is 8.91. The predicted molar refractivity (Wildman–Crippen MR) is 123 cm³/mol. The molecule has 2 atom stereocenters. The van der Waals surface area contributed by atoms with E-state index in [4.69, 9.17) is 9.84 Å². The summed E-state index contributed by atoms with van der Waals surface area (Å²) in [6.07, 6.45) is 2.36. The van der Waals surface area contributed by atoms with Crippen LogP contribution in [0.2, 0.25) is 0 Å². The molecule has 0 spiro atoms. The quantitative estimate of drug-likeness (QED) is 0.336. The second-order valence-electron chi connectivity index (χ2n) is 7.51. The fourth-order valence-corrected chi connectivity index (χ4v) is 3.23. The summed E-state index contributed by atoms with van der Waals surface area (Å²) in [5.41, 5.74) is 2.03. The summed E-state index contributed by atoms with van der Waals surface area (Å²) in [6.45, 7) is 3.86. The summed E-state index contributed by atoms with van der Waals surface area (Å²) in [5, 5.41) is 23.9. The van der Waals surface area contributed by atoms with Crippen LogP contribution < -0.4 is 15.4 Å². The maximum Gasteiger partial charge on any atom is 0.224 e. The zero-order chi connectivity index (χ0) is 23.2. The molecule has 0 aliphatic carbocycles. The Balaban J connectivity index is 1.85. The Kier molecular flexibility index (Phi) is 11.0. The molecule has 0 unspecified atom stereocenters. The van der Waals surface area contributed by atoms with Crippen molar-refractivity contribution < 1.29 is 24.5 Å². The SMILES string of the molecule is C=CC[C@@H](CC(=O)N[C@H](CO)Cc1ccc(OCc2ccccc2)cc1)C(=O)NCCO. The number of amides is 2. The summed E-state index contributed by atoms with van der Waals surface area (Å²) in [6, 6.07) is 16.9. The molecule has 4 N–H and O–H groups in total. The van der Waals surface area contributed by atoms with Gasteiger partial charge in [0.1, 0.15) is 12.4 Å². The molecule has 0 aliphatic rings. The first kappa shape index (κ1) is 25.1. The van der Waals surface area contributed by atoms with E-state index in [0.717, 1.165) is 16.9 Å². The monoisotopic (exact) mass is 440 g/mol. The first-order valence-electron chi connectivity index (χ1n) is 10.7. The highest BCUT2D eigenvalue weighted by Gasteiger charge is 2.22. The van der Waals surface area contributed by atoms with E-state index >= 15 is 0 Å². The number of rotatable bonds is 14. The molecule has 32 heavy (non-hydrogen) atoms. The van der Waals surface area contributed by atoms with Crippen LogP contribution in [-0.2, 0) is 22.6 Å². The average molecular weight is 441 g/mol. The van der Waals surface area contributed by atoms with E-state index in [1.807, 2.05) is 54.6 Å². The van der Waals surface area contributed by atoms with Gasteiger partial charge in [0.2, 0.25) is 11.8 Å². The Bertz CT molecular complexity index is 839. The number of hydrogen-bond acceptors (Lipinski definition) is 5. The maximum atomic E-state index is 12.4. The molecule has 0 radical (unpaired) electrons. The fourth-order valence-electron chi connectivity index (χ4n) is 3.23. The number of allylic oxidation sites excluding steroid dienone is 1. The molecule has 2 rings (SSSR count). The van der Waals surface area contributed by atoms with Gasteiger partial charge in [-0.2, -0.15) is 0 Å². The Morgan fingerprint density at radius 1 is 1.03 bits per heavy atom. The van der Waals surface area contributed by atoms with Crippen molar-refractivity contribution >= 4 is 11.8 Å². The van der Waals surface area contributed by atoms with Crippen molar-refractivity contribution in [1.29, 1.82) is 0 Å². The largest absolute Gasteiger partial charge is 0.489 e. The van der Waals surface area contributed by atoms with Crippen LogP contribution in [0.1, 0.15) is 24.0 Å². The lowest BCUT2D eigenvalue weighted by molar-refractivity contribution is -0.130. The van der Waals surface area contributed by atoms with E-state index in [9.17, 15) is 14.7 Å². The number of benzene rings is 2. The van der Waals surface area contributed by atoms with E-state index in [1.54, 1.807) is 6.08 Å². The zero-order valence-corrected chi connectivity index (χ0v) is 18.2. The van der Waals surface area contributed by atoms with E-state index < -0.39 is 12.0 Å². The molecule has 0 aromatic heterocycles. The molecule has 0 saturated carbocycles. The van der Waals surface area contributed by atoms with Gasteiger partial charge >= 0.3 is 0 Å². The highest BCUT2D eigenvalue weighted by atomic mass is 16.5. The normalized spacial score (nSPS) is 12.4. The summed E-state index contributed by atoms with van der Waals surface area (Å²) >= 11 is 0. The molecule has 2 aromatic carbocycles. The minimum Gasteiger partial charge on any atom is -0.489 e. The molecule has 0 saturated heterocycles. The van der Waals surface area contributed by atoms with Gasteiger partial charge in [0.15, 0.2) is 0 Å². The lowest BCUT2D eigenvalue weighted by Gasteiger charge is -2.19. The summed E-state index contributed by atoms with van der Waals surface area (Å²) in [5.74, 6) is -0.457. The van der Waals surface area contributed by atoms with Gasteiger partial charge in [-0.15, -0.1) is 6.58 Å². The van der Waals surface area contributed by atoms with Crippen LogP contribution in [-0.4, -0.2) is 47.8 Å².